The number of carbonyl (C=O) groups excluding carboxylic acids is 1. The van der Waals surface area contributed by atoms with E-state index >= 15 is 0 Å². The third-order valence-electron chi connectivity index (χ3n) is 4.04. The van der Waals surface area contributed by atoms with Crippen molar-refractivity contribution in [1.29, 1.82) is 0 Å². The van der Waals surface area contributed by atoms with Crippen LogP contribution >= 0.6 is 0 Å². The number of hydrazone groups is 1. The molecule has 0 unspecified atom stereocenters. The van der Waals surface area contributed by atoms with Crippen LogP contribution in [-0.4, -0.2) is 18.7 Å². The summed E-state index contributed by atoms with van der Waals surface area (Å²) < 4.78 is 5.78. The zero-order valence-electron chi connectivity index (χ0n) is 15.8. The number of anilines is 1. The van der Waals surface area contributed by atoms with Gasteiger partial charge in [-0.15, -0.1) is 0 Å². The van der Waals surface area contributed by atoms with Crippen LogP contribution in [0.15, 0.2) is 84.0 Å². The molecule has 5 heteroatoms. The molecule has 0 heterocycles. The molecule has 0 saturated carbocycles. The number of hydrogen-bond acceptors (Lipinski definition) is 4. The van der Waals surface area contributed by atoms with E-state index in [1.807, 2.05) is 54.6 Å². The fraction of sp³-hybridized carbons (Fsp3) is 0.130. The zero-order valence-corrected chi connectivity index (χ0v) is 15.8. The molecule has 142 valence electrons. The van der Waals surface area contributed by atoms with Crippen molar-refractivity contribution in [3.05, 3.63) is 95.6 Å². The number of carbonyl (C=O) groups is 1. The molecule has 3 rings (SSSR count). The molecule has 0 fully saturated rings. The summed E-state index contributed by atoms with van der Waals surface area (Å²) in [7, 11) is 0. The number of aryl methyl sites for hydroxylation is 1. The van der Waals surface area contributed by atoms with Crippen LogP contribution in [0.1, 0.15) is 16.7 Å². The first-order valence-electron chi connectivity index (χ1n) is 9.08. The number of hydrogen-bond donors (Lipinski definition) is 2. The minimum atomic E-state index is -0.210. The maximum absolute atomic E-state index is 11.8. The molecule has 0 aromatic heterocycles. The smallest absolute Gasteiger partial charge is 0.259 e. The summed E-state index contributed by atoms with van der Waals surface area (Å²) in [6, 6.07) is 25.4. The van der Waals surface area contributed by atoms with E-state index in [-0.39, 0.29) is 12.5 Å². The Morgan fingerprint density at radius 3 is 2.39 bits per heavy atom. The fourth-order valence-corrected chi connectivity index (χ4v) is 2.46. The van der Waals surface area contributed by atoms with Crippen molar-refractivity contribution in [3.63, 3.8) is 0 Å². The fourth-order valence-electron chi connectivity index (χ4n) is 2.46. The molecule has 0 saturated heterocycles. The van der Waals surface area contributed by atoms with Crippen molar-refractivity contribution in [2.45, 2.75) is 13.5 Å². The topological polar surface area (TPSA) is 62.7 Å². The molecule has 28 heavy (non-hydrogen) atoms. The van der Waals surface area contributed by atoms with Crippen molar-refractivity contribution in [1.82, 2.24) is 5.43 Å². The number of benzene rings is 3. The van der Waals surface area contributed by atoms with Gasteiger partial charge >= 0.3 is 0 Å². The van der Waals surface area contributed by atoms with E-state index in [4.69, 9.17) is 4.74 Å². The van der Waals surface area contributed by atoms with Gasteiger partial charge in [0.15, 0.2) is 0 Å². The van der Waals surface area contributed by atoms with Gasteiger partial charge in [-0.2, -0.15) is 5.10 Å². The minimum Gasteiger partial charge on any atom is -0.489 e. The maximum atomic E-state index is 11.8. The molecule has 5 nitrogen and oxygen atoms in total. The van der Waals surface area contributed by atoms with Gasteiger partial charge in [-0.05, 0) is 54.4 Å². The highest BCUT2D eigenvalue weighted by Crippen LogP contribution is 2.14. The summed E-state index contributed by atoms with van der Waals surface area (Å²) in [6.07, 6.45) is 1.60. The third kappa shape index (κ3) is 6.29. The zero-order chi connectivity index (χ0) is 19.6. The van der Waals surface area contributed by atoms with Crippen LogP contribution < -0.4 is 15.5 Å². The summed E-state index contributed by atoms with van der Waals surface area (Å²) in [4.78, 5) is 11.8. The highest BCUT2D eigenvalue weighted by Gasteiger charge is 1.99. The Balaban J connectivity index is 1.41. The molecular formula is C23H23N3O2. The van der Waals surface area contributed by atoms with E-state index in [0.29, 0.717) is 6.61 Å². The van der Waals surface area contributed by atoms with Crippen molar-refractivity contribution < 1.29 is 9.53 Å². The molecule has 0 spiro atoms. The Hall–Kier alpha value is -3.60. The van der Waals surface area contributed by atoms with Gasteiger partial charge in [-0.3, -0.25) is 4.79 Å². The van der Waals surface area contributed by atoms with Crippen molar-refractivity contribution in [3.8, 4) is 5.75 Å². The predicted molar refractivity (Wildman–Crippen MR) is 113 cm³/mol. The van der Waals surface area contributed by atoms with Gasteiger partial charge in [0.2, 0.25) is 0 Å². The molecule has 3 aromatic rings. The summed E-state index contributed by atoms with van der Waals surface area (Å²) in [5.74, 6) is 0.576. The number of nitrogens with zero attached hydrogens (tertiary/aromatic N) is 1. The van der Waals surface area contributed by atoms with E-state index in [1.54, 1.807) is 6.21 Å². The monoisotopic (exact) mass is 373 g/mol. The molecule has 0 aliphatic carbocycles. The number of amides is 1. The summed E-state index contributed by atoms with van der Waals surface area (Å²) in [5.41, 5.74) is 6.63. The normalized spacial score (nSPS) is 10.6. The number of ether oxygens (including phenoxy) is 1. The molecule has 0 aliphatic heterocycles. The number of nitrogens with one attached hydrogen (secondary N) is 2. The van der Waals surface area contributed by atoms with Gasteiger partial charge in [-0.1, -0.05) is 48.0 Å². The van der Waals surface area contributed by atoms with Crippen molar-refractivity contribution >= 4 is 17.8 Å². The van der Waals surface area contributed by atoms with Crippen LogP contribution in [0.25, 0.3) is 0 Å². The summed E-state index contributed by atoms with van der Waals surface area (Å²) in [5, 5.41) is 7.01. The Morgan fingerprint density at radius 2 is 1.68 bits per heavy atom. The predicted octanol–water partition coefficient (Wildman–Crippen LogP) is 4.14. The lowest BCUT2D eigenvalue weighted by atomic mass is 10.2. The Kier molecular flexibility index (Phi) is 6.79. The molecular weight excluding hydrogens is 350 g/mol. The van der Waals surface area contributed by atoms with Gasteiger partial charge in [-0.25, -0.2) is 5.43 Å². The van der Waals surface area contributed by atoms with Crippen LogP contribution in [-0.2, 0) is 11.4 Å². The maximum Gasteiger partial charge on any atom is 0.259 e. The summed E-state index contributed by atoms with van der Waals surface area (Å²) in [6.45, 7) is 2.75. The quantitative estimate of drug-likeness (QED) is 0.461. The first-order valence-corrected chi connectivity index (χ1v) is 9.08. The minimum absolute atomic E-state index is 0.160. The molecule has 0 aliphatic rings. The van der Waals surface area contributed by atoms with E-state index in [0.717, 1.165) is 22.6 Å². The molecule has 0 atom stereocenters. The highest BCUT2D eigenvalue weighted by atomic mass is 16.5. The lowest BCUT2D eigenvalue weighted by Crippen LogP contribution is -2.25. The Labute approximate surface area is 165 Å². The van der Waals surface area contributed by atoms with E-state index < -0.39 is 0 Å². The average molecular weight is 373 g/mol. The van der Waals surface area contributed by atoms with E-state index in [1.165, 1.54) is 5.56 Å². The third-order valence-corrected chi connectivity index (χ3v) is 4.04. The number of para-hydroxylation sites is 1. The lowest BCUT2D eigenvalue weighted by Gasteiger charge is -2.07. The summed E-state index contributed by atoms with van der Waals surface area (Å²) >= 11 is 0. The second-order valence-electron chi connectivity index (χ2n) is 6.36. The van der Waals surface area contributed by atoms with Gasteiger partial charge in [0, 0.05) is 5.69 Å². The van der Waals surface area contributed by atoms with Crippen molar-refractivity contribution in [2.24, 2.45) is 5.10 Å². The van der Waals surface area contributed by atoms with Crippen LogP contribution in [0, 0.1) is 6.92 Å². The first kappa shape index (κ1) is 19.2. The largest absolute Gasteiger partial charge is 0.489 e. The molecule has 2 N–H and O–H groups in total. The van der Waals surface area contributed by atoms with Gasteiger partial charge in [0.05, 0.1) is 12.8 Å². The Morgan fingerprint density at radius 1 is 0.964 bits per heavy atom. The number of rotatable bonds is 8. The molecule has 1 amide bonds. The molecule has 3 aromatic carbocycles. The molecule has 0 bridgehead atoms. The SMILES string of the molecule is Cc1ccc(COc2ccc(C=NNC(=O)CNc3ccccc3)cc2)cc1. The van der Waals surface area contributed by atoms with Gasteiger partial charge in [0.1, 0.15) is 12.4 Å². The molecule has 0 radical (unpaired) electrons. The van der Waals surface area contributed by atoms with E-state index in [2.05, 4.69) is 47.0 Å². The first-order chi connectivity index (χ1) is 13.7. The van der Waals surface area contributed by atoms with Gasteiger partial charge < -0.3 is 10.1 Å². The Bertz CT molecular complexity index is 905. The standard InChI is InChI=1S/C23H23N3O2/c1-18-7-9-20(10-8-18)17-28-22-13-11-19(12-14-22)15-25-26-23(27)16-24-21-5-3-2-4-6-21/h2-15,24H,16-17H2,1H3,(H,26,27). The lowest BCUT2D eigenvalue weighted by molar-refractivity contribution is -0.119. The van der Waals surface area contributed by atoms with Crippen LogP contribution in [0.5, 0.6) is 5.75 Å². The van der Waals surface area contributed by atoms with Crippen LogP contribution in [0.2, 0.25) is 0 Å². The second kappa shape index (κ2) is 9.92. The second-order valence-corrected chi connectivity index (χ2v) is 6.36. The highest BCUT2D eigenvalue weighted by molar-refractivity contribution is 5.84. The van der Waals surface area contributed by atoms with Crippen molar-refractivity contribution in [2.75, 3.05) is 11.9 Å². The van der Waals surface area contributed by atoms with Crippen LogP contribution in [0.4, 0.5) is 5.69 Å². The van der Waals surface area contributed by atoms with Crippen LogP contribution in [0.3, 0.4) is 0 Å². The van der Waals surface area contributed by atoms with Gasteiger partial charge in [0.25, 0.3) is 5.91 Å². The average Bonchev–Trinajstić information content (AvgIpc) is 2.73. The van der Waals surface area contributed by atoms with E-state index in [9.17, 15) is 4.79 Å².